The number of fused-ring (bicyclic) bond motifs is 1. The molecule has 0 spiro atoms. The smallest absolute Gasteiger partial charge is 0.250 e. The maximum Gasteiger partial charge on any atom is 0.250 e. The van der Waals surface area contributed by atoms with E-state index in [1.807, 2.05) is 18.2 Å². The number of carbonyl (C=O) groups excluding carboxylic acids is 1. The van der Waals surface area contributed by atoms with Gasteiger partial charge in [0.1, 0.15) is 0 Å². The second-order valence-electron chi connectivity index (χ2n) is 5.93. The molecule has 1 amide bonds. The van der Waals surface area contributed by atoms with E-state index in [1.54, 1.807) is 18.2 Å². The normalized spacial score (nSPS) is 12.6. The highest BCUT2D eigenvalue weighted by Crippen LogP contribution is 2.30. The lowest BCUT2D eigenvalue weighted by atomic mass is 9.99. The number of nitrogens with zero attached hydrogens (tertiary/aromatic N) is 1. The molecule has 0 radical (unpaired) electrons. The third-order valence-electron chi connectivity index (χ3n) is 4.12. The number of benzene rings is 2. The molecule has 5 heteroatoms. The van der Waals surface area contributed by atoms with Crippen molar-refractivity contribution < 1.29 is 4.79 Å². The molecule has 25 heavy (non-hydrogen) atoms. The number of amides is 1. The molecule has 0 fully saturated rings. The molecular formula is C20H19ClN2OS. The summed E-state index contributed by atoms with van der Waals surface area (Å²) in [7, 11) is 0. The van der Waals surface area contributed by atoms with E-state index in [0.29, 0.717) is 16.1 Å². The van der Waals surface area contributed by atoms with Gasteiger partial charge >= 0.3 is 0 Å². The summed E-state index contributed by atoms with van der Waals surface area (Å²) >= 11 is 7.35. The second kappa shape index (κ2) is 7.81. The predicted molar refractivity (Wildman–Crippen MR) is 107 cm³/mol. The van der Waals surface area contributed by atoms with Crippen molar-refractivity contribution in [3.8, 4) is 0 Å². The van der Waals surface area contributed by atoms with Crippen LogP contribution in [0.4, 0.5) is 5.13 Å². The van der Waals surface area contributed by atoms with Crippen molar-refractivity contribution in [2.75, 3.05) is 5.32 Å². The number of anilines is 1. The number of carbonyl (C=O) groups is 1. The standard InChI is InChI=1S/C20H19ClN2OS/c1-3-13(2)15-7-10-17-18(12-15)25-20(22-17)23-19(24)11-6-14-4-8-16(21)9-5-14/h4-13H,3H2,1-2H3,(H,22,23,24)/b11-6+. The van der Waals surface area contributed by atoms with E-state index in [0.717, 1.165) is 22.2 Å². The van der Waals surface area contributed by atoms with E-state index in [9.17, 15) is 4.79 Å². The number of halogens is 1. The monoisotopic (exact) mass is 370 g/mol. The Labute approximate surface area is 156 Å². The van der Waals surface area contributed by atoms with Crippen LogP contribution in [-0.2, 0) is 4.79 Å². The third kappa shape index (κ3) is 4.47. The van der Waals surface area contributed by atoms with Gasteiger partial charge in [0.25, 0.3) is 0 Å². The van der Waals surface area contributed by atoms with Gasteiger partial charge in [-0.1, -0.05) is 55.0 Å². The zero-order valence-corrected chi connectivity index (χ0v) is 15.7. The molecule has 3 aromatic rings. The van der Waals surface area contributed by atoms with Crippen LogP contribution >= 0.6 is 22.9 Å². The third-order valence-corrected chi connectivity index (χ3v) is 5.31. The summed E-state index contributed by atoms with van der Waals surface area (Å²) in [5, 5.41) is 4.12. The number of nitrogens with one attached hydrogen (secondary N) is 1. The van der Waals surface area contributed by atoms with Gasteiger partial charge in [-0.25, -0.2) is 4.98 Å². The largest absolute Gasteiger partial charge is 0.298 e. The molecule has 3 rings (SSSR count). The van der Waals surface area contributed by atoms with Gasteiger partial charge in [0.05, 0.1) is 10.2 Å². The van der Waals surface area contributed by atoms with E-state index in [-0.39, 0.29) is 5.91 Å². The summed E-state index contributed by atoms with van der Waals surface area (Å²) < 4.78 is 1.09. The lowest BCUT2D eigenvalue weighted by molar-refractivity contribution is -0.111. The van der Waals surface area contributed by atoms with Gasteiger partial charge in [-0.05, 0) is 53.8 Å². The van der Waals surface area contributed by atoms with Crippen LogP contribution in [0.1, 0.15) is 37.3 Å². The van der Waals surface area contributed by atoms with Crippen molar-refractivity contribution in [3.05, 3.63) is 64.7 Å². The van der Waals surface area contributed by atoms with Crippen LogP contribution in [0.2, 0.25) is 5.02 Å². The van der Waals surface area contributed by atoms with Crippen molar-refractivity contribution in [3.63, 3.8) is 0 Å². The Kier molecular flexibility index (Phi) is 5.51. The van der Waals surface area contributed by atoms with Crippen molar-refractivity contribution in [2.45, 2.75) is 26.2 Å². The number of aromatic nitrogens is 1. The lowest BCUT2D eigenvalue weighted by Gasteiger charge is -2.07. The van der Waals surface area contributed by atoms with Crippen LogP contribution in [0.3, 0.4) is 0 Å². The zero-order chi connectivity index (χ0) is 17.8. The number of thiazole rings is 1. The molecule has 0 aliphatic carbocycles. The Hall–Kier alpha value is -2.17. The van der Waals surface area contributed by atoms with Crippen LogP contribution in [0.15, 0.2) is 48.5 Å². The summed E-state index contributed by atoms with van der Waals surface area (Å²) in [5.41, 5.74) is 3.13. The van der Waals surface area contributed by atoms with Crippen LogP contribution in [0.5, 0.6) is 0 Å². The molecule has 128 valence electrons. The Morgan fingerprint density at radius 3 is 2.76 bits per heavy atom. The average Bonchev–Trinajstić information content (AvgIpc) is 3.01. The summed E-state index contributed by atoms with van der Waals surface area (Å²) in [6.45, 7) is 4.40. The topological polar surface area (TPSA) is 42.0 Å². The van der Waals surface area contributed by atoms with E-state index in [4.69, 9.17) is 11.6 Å². The maximum atomic E-state index is 12.1. The second-order valence-corrected chi connectivity index (χ2v) is 7.40. The van der Waals surface area contributed by atoms with E-state index < -0.39 is 0 Å². The molecule has 1 unspecified atom stereocenters. The first-order valence-corrected chi connectivity index (χ1v) is 9.39. The molecule has 1 N–H and O–H groups in total. The maximum absolute atomic E-state index is 12.1. The number of hydrogen-bond acceptors (Lipinski definition) is 3. The molecule has 0 saturated heterocycles. The number of rotatable bonds is 5. The molecule has 0 saturated carbocycles. The van der Waals surface area contributed by atoms with Crippen LogP contribution in [0, 0.1) is 0 Å². The zero-order valence-electron chi connectivity index (χ0n) is 14.1. The van der Waals surface area contributed by atoms with Crippen LogP contribution in [-0.4, -0.2) is 10.9 Å². The van der Waals surface area contributed by atoms with Crippen molar-refractivity contribution in [1.82, 2.24) is 4.98 Å². The highest BCUT2D eigenvalue weighted by atomic mass is 35.5. The Balaban J connectivity index is 1.71. The minimum absolute atomic E-state index is 0.198. The summed E-state index contributed by atoms with van der Waals surface area (Å²) in [4.78, 5) is 16.6. The predicted octanol–water partition coefficient (Wildman–Crippen LogP) is 6.12. The average molecular weight is 371 g/mol. The van der Waals surface area contributed by atoms with E-state index >= 15 is 0 Å². The van der Waals surface area contributed by atoms with Gasteiger partial charge < -0.3 is 0 Å². The Morgan fingerprint density at radius 2 is 2.04 bits per heavy atom. The van der Waals surface area contributed by atoms with E-state index in [2.05, 4.69) is 36.3 Å². The fourth-order valence-corrected chi connectivity index (χ4v) is 3.47. The van der Waals surface area contributed by atoms with Gasteiger partial charge in [-0.2, -0.15) is 0 Å². The van der Waals surface area contributed by atoms with Crippen molar-refractivity contribution >= 4 is 50.3 Å². The molecule has 1 heterocycles. The van der Waals surface area contributed by atoms with Crippen LogP contribution < -0.4 is 5.32 Å². The van der Waals surface area contributed by atoms with Crippen LogP contribution in [0.25, 0.3) is 16.3 Å². The molecule has 3 nitrogen and oxygen atoms in total. The highest BCUT2D eigenvalue weighted by molar-refractivity contribution is 7.22. The summed E-state index contributed by atoms with van der Waals surface area (Å²) in [6, 6.07) is 13.6. The van der Waals surface area contributed by atoms with Gasteiger partial charge in [-0.15, -0.1) is 0 Å². The molecular weight excluding hydrogens is 352 g/mol. The molecule has 0 bridgehead atoms. The quantitative estimate of drug-likeness (QED) is 0.550. The van der Waals surface area contributed by atoms with Gasteiger partial charge in [0, 0.05) is 11.1 Å². The minimum atomic E-state index is -0.198. The molecule has 1 aromatic heterocycles. The fourth-order valence-electron chi connectivity index (χ4n) is 2.43. The van der Waals surface area contributed by atoms with Gasteiger partial charge in [0.2, 0.25) is 5.91 Å². The minimum Gasteiger partial charge on any atom is -0.298 e. The first-order chi connectivity index (χ1) is 12.0. The van der Waals surface area contributed by atoms with Gasteiger partial charge in [0.15, 0.2) is 5.13 Å². The molecule has 2 aromatic carbocycles. The molecule has 1 atom stereocenters. The molecule has 0 aliphatic heterocycles. The van der Waals surface area contributed by atoms with E-state index in [1.165, 1.54) is 23.0 Å². The number of hydrogen-bond donors (Lipinski definition) is 1. The highest BCUT2D eigenvalue weighted by Gasteiger charge is 2.09. The van der Waals surface area contributed by atoms with Crippen molar-refractivity contribution in [1.29, 1.82) is 0 Å². The summed E-state index contributed by atoms with van der Waals surface area (Å²) in [5.74, 6) is 0.322. The summed E-state index contributed by atoms with van der Waals surface area (Å²) in [6.07, 6.45) is 4.35. The van der Waals surface area contributed by atoms with Crippen molar-refractivity contribution in [2.24, 2.45) is 0 Å². The lowest BCUT2D eigenvalue weighted by Crippen LogP contribution is -2.07. The Morgan fingerprint density at radius 1 is 1.28 bits per heavy atom. The first-order valence-electron chi connectivity index (χ1n) is 8.20. The van der Waals surface area contributed by atoms with Gasteiger partial charge in [-0.3, -0.25) is 10.1 Å². The first kappa shape index (κ1) is 17.6. The molecule has 0 aliphatic rings. The fraction of sp³-hybridized carbons (Fsp3) is 0.200. The Bertz CT molecular complexity index is 915. The SMILES string of the molecule is CCC(C)c1ccc2nc(NC(=O)/C=C/c3ccc(Cl)cc3)sc2c1.